The maximum atomic E-state index is 11.8. The minimum absolute atomic E-state index is 0.274. The van der Waals surface area contributed by atoms with Crippen molar-refractivity contribution in [3.8, 4) is 0 Å². The number of amides is 1. The van der Waals surface area contributed by atoms with E-state index in [1.54, 1.807) is 0 Å². The third-order valence-electron chi connectivity index (χ3n) is 1.87. The van der Waals surface area contributed by atoms with Crippen molar-refractivity contribution >= 4 is 11.9 Å². The van der Waals surface area contributed by atoms with Gasteiger partial charge in [0.15, 0.2) is 0 Å². The minimum Gasteiger partial charge on any atom is -0.481 e. The summed E-state index contributed by atoms with van der Waals surface area (Å²) in [6, 6.07) is -0.789. The van der Waals surface area contributed by atoms with Gasteiger partial charge in [-0.05, 0) is 20.8 Å². The average molecular weight is 232 g/mol. The zero-order chi connectivity index (χ0) is 12.9. The molecule has 2 N–H and O–H groups in total. The van der Waals surface area contributed by atoms with E-state index in [-0.39, 0.29) is 12.0 Å². The monoisotopic (exact) mass is 232 g/mol. The van der Waals surface area contributed by atoms with Crippen molar-refractivity contribution in [3.63, 3.8) is 0 Å². The zero-order valence-electron chi connectivity index (χ0n) is 10.4. The molecule has 94 valence electrons. The molecule has 16 heavy (non-hydrogen) atoms. The molecule has 0 unspecified atom stereocenters. The second kappa shape index (κ2) is 5.81. The van der Waals surface area contributed by atoms with Crippen LogP contribution in [0.1, 0.15) is 27.2 Å². The van der Waals surface area contributed by atoms with Gasteiger partial charge < -0.3 is 10.4 Å². The van der Waals surface area contributed by atoms with Gasteiger partial charge in [-0.25, -0.2) is 5.06 Å². The highest BCUT2D eigenvalue weighted by molar-refractivity contribution is 5.85. The lowest BCUT2D eigenvalue weighted by Crippen LogP contribution is -2.52. The lowest BCUT2D eigenvalue weighted by Gasteiger charge is -2.28. The first-order valence-corrected chi connectivity index (χ1v) is 4.98. The maximum Gasteiger partial charge on any atom is 0.305 e. The number of carbonyl (C=O) groups is 2. The van der Waals surface area contributed by atoms with Gasteiger partial charge in [0.1, 0.15) is 0 Å². The topological polar surface area (TPSA) is 78.9 Å². The second-order valence-corrected chi connectivity index (χ2v) is 4.56. The van der Waals surface area contributed by atoms with Gasteiger partial charge in [0.2, 0.25) is 0 Å². The van der Waals surface area contributed by atoms with E-state index < -0.39 is 17.9 Å². The normalized spacial score (nSPS) is 13.3. The maximum absolute atomic E-state index is 11.8. The number of carboxylic acids is 1. The number of carboxylic acid groups (broad SMARTS) is 1. The highest BCUT2D eigenvalue weighted by Crippen LogP contribution is 2.06. The van der Waals surface area contributed by atoms with Gasteiger partial charge in [0.05, 0.1) is 19.6 Å². The van der Waals surface area contributed by atoms with Crippen LogP contribution in [-0.4, -0.2) is 47.8 Å². The first-order chi connectivity index (χ1) is 7.17. The number of hydrogen-bond donors (Lipinski definition) is 2. The van der Waals surface area contributed by atoms with Crippen LogP contribution in [0.5, 0.6) is 0 Å². The number of hydrogen-bond acceptors (Lipinski definition) is 4. The predicted molar refractivity (Wildman–Crippen MR) is 58.7 cm³/mol. The molecule has 0 aromatic heterocycles. The molecule has 0 saturated heterocycles. The fraction of sp³-hybridized carbons (Fsp3) is 0.800. The van der Waals surface area contributed by atoms with E-state index >= 15 is 0 Å². The number of aliphatic carboxylic acids is 1. The van der Waals surface area contributed by atoms with Crippen molar-refractivity contribution in [3.05, 3.63) is 0 Å². The molecule has 1 amide bonds. The Hall–Kier alpha value is -1.14. The summed E-state index contributed by atoms with van der Waals surface area (Å²) in [7, 11) is 2.80. The standard InChI is InChI=1S/C10H20N2O4/c1-10(2,3)11-7(6-8(13)14)9(15)12(4)16-5/h7,11H,6H2,1-5H3,(H,13,14)/t7-/m0/s1. The number of carbonyl (C=O) groups excluding carboxylic acids is 1. The van der Waals surface area contributed by atoms with Gasteiger partial charge in [-0.2, -0.15) is 0 Å². The van der Waals surface area contributed by atoms with Crippen molar-refractivity contribution in [1.82, 2.24) is 10.4 Å². The molecule has 0 spiro atoms. The summed E-state index contributed by atoms with van der Waals surface area (Å²) in [5.74, 6) is -1.43. The Balaban J connectivity index is 4.66. The van der Waals surface area contributed by atoms with Crippen LogP contribution in [0.3, 0.4) is 0 Å². The van der Waals surface area contributed by atoms with Crippen LogP contribution < -0.4 is 5.32 Å². The summed E-state index contributed by atoms with van der Waals surface area (Å²) in [5, 5.41) is 12.7. The lowest BCUT2D eigenvalue weighted by molar-refractivity contribution is -0.172. The van der Waals surface area contributed by atoms with Gasteiger partial charge in [-0.1, -0.05) is 0 Å². The van der Waals surface area contributed by atoms with Crippen LogP contribution in [0, 0.1) is 0 Å². The third kappa shape index (κ3) is 5.67. The highest BCUT2D eigenvalue weighted by Gasteiger charge is 2.28. The largest absolute Gasteiger partial charge is 0.481 e. The Kier molecular flexibility index (Phi) is 5.40. The van der Waals surface area contributed by atoms with E-state index in [1.165, 1.54) is 14.2 Å². The van der Waals surface area contributed by atoms with E-state index in [0.29, 0.717) is 0 Å². The summed E-state index contributed by atoms with van der Waals surface area (Å²) in [6.45, 7) is 5.59. The average Bonchev–Trinajstić information content (AvgIpc) is 2.11. The molecule has 0 aliphatic heterocycles. The Labute approximate surface area is 95.5 Å². The Morgan fingerprint density at radius 3 is 2.25 bits per heavy atom. The van der Waals surface area contributed by atoms with Crippen molar-refractivity contribution in [1.29, 1.82) is 0 Å². The molecule has 6 nitrogen and oxygen atoms in total. The number of hydroxylamine groups is 2. The van der Waals surface area contributed by atoms with E-state index in [4.69, 9.17) is 9.94 Å². The zero-order valence-corrected chi connectivity index (χ0v) is 10.4. The molecule has 0 fully saturated rings. The first-order valence-electron chi connectivity index (χ1n) is 4.98. The van der Waals surface area contributed by atoms with Gasteiger partial charge in [0.25, 0.3) is 5.91 Å². The first kappa shape index (κ1) is 14.9. The number of rotatable bonds is 5. The summed E-state index contributed by atoms with van der Waals surface area (Å²) in [5.41, 5.74) is -0.343. The summed E-state index contributed by atoms with van der Waals surface area (Å²) < 4.78 is 0. The van der Waals surface area contributed by atoms with Crippen LogP contribution in [0.4, 0.5) is 0 Å². The van der Waals surface area contributed by atoms with Crippen molar-refractivity contribution in [2.75, 3.05) is 14.2 Å². The van der Waals surface area contributed by atoms with Crippen LogP contribution >= 0.6 is 0 Å². The molecule has 0 radical (unpaired) electrons. The molecule has 0 aliphatic carbocycles. The summed E-state index contributed by atoms with van der Waals surface area (Å²) in [4.78, 5) is 27.2. The molecule has 0 aromatic carbocycles. The molecule has 1 atom stereocenters. The smallest absolute Gasteiger partial charge is 0.305 e. The third-order valence-corrected chi connectivity index (χ3v) is 1.87. The molecule has 6 heteroatoms. The quantitative estimate of drug-likeness (QED) is 0.664. The fourth-order valence-electron chi connectivity index (χ4n) is 1.21. The highest BCUT2D eigenvalue weighted by atomic mass is 16.7. The second-order valence-electron chi connectivity index (χ2n) is 4.56. The molecule has 0 aromatic rings. The summed E-state index contributed by atoms with van der Waals surface area (Å²) in [6.07, 6.45) is -0.274. The fourth-order valence-corrected chi connectivity index (χ4v) is 1.21. The molecule has 0 bridgehead atoms. The minimum atomic E-state index is -1.03. The number of likely N-dealkylation sites (N-methyl/N-ethyl adjacent to an activating group) is 1. The van der Waals surface area contributed by atoms with E-state index in [0.717, 1.165) is 5.06 Å². The Bertz CT molecular complexity index is 260. The Morgan fingerprint density at radius 1 is 1.44 bits per heavy atom. The van der Waals surface area contributed by atoms with Crippen LogP contribution in [0.15, 0.2) is 0 Å². The van der Waals surface area contributed by atoms with Crippen molar-refractivity contribution in [2.45, 2.75) is 38.8 Å². The molecule has 0 rings (SSSR count). The van der Waals surface area contributed by atoms with Crippen LogP contribution in [0.25, 0.3) is 0 Å². The van der Waals surface area contributed by atoms with E-state index in [9.17, 15) is 9.59 Å². The molecule has 0 saturated carbocycles. The van der Waals surface area contributed by atoms with Gasteiger partial charge in [-0.15, -0.1) is 0 Å². The molecular formula is C10H20N2O4. The van der Waals surface area contributed by atoms with Gasteiger partial charge in [-0.3, -0.25) is 14.4 Å². The van der Waals surface area contributed by atoms with E-state index in [1.807, 2.05) is 20.8 Å². The lowest BCUT2D eigenvalue weighted by atomic mass is 10.0. The SMILES string of the molecule is CON(C)C(=O)[C@H](CC(=O)O)NC(C)(C)C. The van der Waals surface area contributed by atoms with E-state index in [2.05, 4.69) is 5.32 Å². The van der Waals surface area contributed by atoms with Crippen molar-refractivity contribution in [2.24, 2.45) is 0 Å². The Morgan fingerprint density at radius 2 is 1.94 bits per heavy atom. The predicted octanol–water partition coefficient (Wildman–Crippen LogP) is 0.238. The number of nitrogens with zero attached hydrogens (tertiary/aromatic N) is 1. The number of nitrogens with one attached hydrogen (secondary N) is 1. The molecule has 0 aliphatic rings. The van der Waals surface area contributed by atoms with Gasteiger partial charge >= 0.3 is 5.97 Å². The summed E-state index contributed by atoms with van der Waals surface area (Å²) >= 11 is 0. The van der Waals surface area contributed by atoms with Crippen LogP contribution in [-0.2, 0) is 14.4 Å². The molecule has 0 heterocycles. The van der Waals surface area contributed by atoms with Crippen molar-refractivity contribution < 1.29 is 19.5 Å². The van der Waals surface area contributed by atoms with Crippen LogP contribution in [0.2, 0.25) is 0 Å². The molecular weight excluding hydrogens is 212 g/mol. The van der Waals surface area contributed by atoms with Gasteiger partial charge in [0, 0.05) is 12.6 Å².